The molecule has 0 fully saturated rings. The summed E-state index contributed by atoms with van der Waals surface area (Å²) >= 11 is 6.42. The average molecular weight is 360 g/mol. The Bertz CT molecular complexity index is 944. The number of nitrogens with zero attached hydrogens (tertiary/aromatic N) is 1. The summed E-state index contributed by atoms with van der Waals surface area (Å²) in [6.45, 7) is 2.37. The third kappa shape index (κ3) is 3.03. The molecular weight excluding hydrogens is 342 g/mol. The predicted octanol–water partition coefficient (Wildman–Crippen LogP) is 4.37. The number of hydrogen-bond donors (Lipinski definition) is 1. The first-order valence-corrected chi connectivity index (χ1v) is 8.06. The van der Waals surface area contributed by atoms with Crippen molar-refractivity contribution in [2.45, 2.75) is 13.5 Å². The molecule has 5 nitrogen and oxygen atoms in total. The molecule has 0 atom stereocenters. The molecule has 25 heavy (non-hydrogen) atoms. The molecule has 6 heteroatoms. The van der Waals surface area contributed by atoms with E-state index in [1.165, 1.54) is 0 Å². The van der Waals surface area contributed by atoms with Crippen molar-refractivity contribution in [3.8, 4) is 11.5 Å². The summed E-state index contributed by atoms with van der Waals surface area (Å²) in [7, 11) is 3.17. The highest BCUT2D eigenvalue weighted by Crippen LogP contribution is 2.35. The van der Waals surface area contributed by atoms with Crippen molar-refractivity contribution in [3.63, 3.8) is 0 Å². The molecule has 0 aliphatic rings. The lowest BCUT2D eigenvalue weighted by molar-refractivity contribution is 0.0699. The van der Waals surface area contributed by atoms with Gasteiger partial charge in [-0.25, -0.2) is 4.79 Å². The van der Waals surface area contributed by atoms with Gasteiger partial charge >= 0.3 is 5.97 Å². The molecule has 0 aliphatic carbocycles. The van der Waals surface area contributed by atoms with E-state index < -0.39 is 5.97 Å². The third-order valence-electron chi connectivity index (χ3n) is 4.23. The predicted molar refractivity (Wildman–Crippen MR) is 97.3 cm³/mol. The summed E-state index contributed by atoms with van der Waals surface area (Å²) in [6.07, 6.45) is 0. The highest BCUT2D eigenvalue weighted by atomic mass is 35.5. The number of halogens is 1. The number of carboxylic acids is 1. The van der Waals surface area contributed by atoms with E-state index in [1.807, 2.05) is 37.3 Å². The van der Waals surface area contributed by atoms with Crippen molar-refractivity contribution in [1.29, 1.82) is 0 Å². The molecule has 1 heterocycles. The van der Waals surface area contributed by atoms with Crippen LogP contribution in [0.25, 0.3) is 10.9 Å². The Morgan fingerprint density at radius 2 is 1.84 bits per heavy atom. The van der Waals surface area contributed by atoms with Crippen LogP contribution in [0.3, 0.4) is 0 Å². The van der Waals surface area contributed by atoms with Crippen LogP contribution >= 0.6 is 11.6 Å². The number of hydrogen-bond acceptors (Lipinski definition) is 3. The van der Waals surface area contributed by atoms with E-state index in [1.54, 1.807) is 24.9 Å². The number of carboxylic acid groups (broad SMARTS) is 1. The number of benzene rings is 2. The normalized spacial score (nSPS) is 10.9. The average Bonchev–Trinajstić information content (AvgIpc) is 2.86. The lowest BCUT2D eigenvalue weighted by Crippen LogP contribution is -2.02. The Hall–Kier alpha value is -2.66. The molecule has 0 spiro atoms. The number of fused-ring (bicyclic) bond motifs is 1. The Balaban J connectivity index is 2.17. The molecule has 0 aliphatic heterocycles. The van der Waals surface area contributed by atoms with Crippen LogP contribution in [0.5, 0.6) is 11.5 Å². The number of aryl methyl sites for hydroxylation is 1. The molecule has 2 aromatic carbocycles. The van der Waals surface area contributed by atoms with Gasteiger partial charge in [0.05, 0.1) is 19.7 Å². The van der Waals surface area contributed by atoms with Gasteiger partial charge in [-0.3, -0.25) is 0 Å². The minimum Gasteiger partial charge on any atom is -0.497 e. The first-order valence-electron chi connectivity index (χ1n) is 7.68. The summed E-state index contributed by atoms with van der Waals surface area (Å²) in [4.78, 5) is 11.7. The zero-order chi connectivity index (χ0) is 18.1. The molecule has 1 N–H and O–H groups in total. The van der Waals surface area contributed by atoms with Crippen molar-refractivity contribution in [1.82, 2.24) is 4.57 Å². The van der Waals surface area contributed by atoms with Crippen LogP contribution in [0.15, 0.2) is 36.4 Å². The number of aromatic carboxylic acids is 1. The van der Waals surface area contributed by atoms with Crippen LogP contribution < -0.4 is 9.47 Å². The van der Waals surface area contributed by atoms with Crippen molar-refractivity contribution in [2.24, 2.45) is 0 Å². The summed E-state index contributed by atoms with van der Waals surface area (Å²) in [5.41, 5.74) is 2.75. The van der Waals surface area contributed by atoms with Gasteiger partial charge in [0.15, 0.2) is 0 Å². The summed E-state index contributed by atoms with van der Waals surface area (Å²) in [5.74, 6) is 0.335. The van der Waals surface area contributed by atoms with E-state index in [2.05, 4.69) is 0 Å². The summed E-state index contributed by atoms with van der Waals surface area (Å²) in [6, 6.07) is 11.2. The Morgan fingerprint density at radius 1 is 1.16 bits per heavy atom. The lowest BCUT2D eigenvalue weighted by Gasteiger charge is -2.10. The van der Waals surface area contributed by atoms with Gasteiger partial charge in [-0.2, -0.15) is 0 Å². The largest absolute Gasteiger partial charge is 0.497 e. The van der Waals surface area contributed by atoms with Crippen LogP contribution in [0.4, 0.5) is 0 Å². The van der Waals surface area contributed by atoms with Crippen molar-refractivity contribution in [2.75, 3.05) is 14.2 Å². The number of rotatable bonds is 5. The number of methoxy groups -OCH3 is 2. The fourth-order valence-electron chi connectivity index (χ4n) is 2.94. The zero-order valence-electron chi connectivity index (χ0n) is 14.2. The quantitative estimate of drug-likeness (QED) is 0.735. The fraction of sp³-hybridized carbons (Fsp3) is 0.211. The minimum absolute atomic E-state index is 0.0866. The molecule has 0 unspecified atom stereocenters. The molecule has 1 aromatic heterocycles. The summed E-state index contributed by atoms with van der Waals surface area (Å²) in [5, 5.41) is 10.4. The van der Waals surface area contributed by atoms with Gasteiger partial charge in [0.2, 0.25) is 0 Å². The molecule has 3 aromatic rings. The fourth-order valence-corrected chi connectivity index (χ4v) is 3.27. The van der Waals surface area contributed by atoms with Gasteiger partial charge in [0.25, 0.3) is 0 Å². The maximum atomic E-state index is 11.7. The van der Waals surface area contributed by atoms with Gasteiger partial charge in [0.1, 0.15) is 22.2 Å². The van der Waals surface area contributed by atoms with Crippen LogP contribution in [0.1, 0.15) is 21.5 Å². The first-order chi connectivity index (χ1) is 12.0. The summed E-state index contributed by atoms with van der Waals surface area (Å²) < 4.78 is 12.3. The van der Waals surface area contributed by atoms with E-state index in [0.717, 1.165) is 22.4 Å². The van der Waals surface area contributed by atoms with Crippen LogP contribution in [0.2, 0.25) is 5.15 Å². The standard InChI is InChI=1S/C19H18ClNO4/c1-11-8-15-14(9-16(11)25-3)17(19(22)23)18(20)21(15)10-12-4-6-13(24-2)7-5-12/h4-9H,10H2,1-3H3,(H,22,23). The molecule has 0 saturated heterocycles. The highest BCUT2D eigenvalue weighted by Gasteiger charge is 2.22. The van der Waals surface area contributed by atoms with Gasteiger partial charge in [-0.1, -0.05) is 23.7 Å². The van der Waals surface area contributed by atoms with Crippen LogP contribution in [0, 0.1) is 6.92 Å². The lowest BCUT2D eigenvalue weighted by atomic mass is 10.1. The smallest absolute Gasteiger partial charge is 0.339 e. The van der Waals surface area contributed by atoms with Crippen molar-refractivity contribution in [3.05, 3.63) is 58.2 Å². The Labute approximate surface area is 150 Å². The molecular formula is C19H18ClNO4. The first kappa shape index (κ1) is 17.2. The Kier molecular flexibility index (Phi) is 4.59. The SMILES string of the molecule is COc1ccc(Cn2c(Cl)c(C(=O)O)c3cc(OC)c(C)cc32)cc1. The number of ether oxygens (including phenoxy) is 2. The van der Waals surface area contributed by atoms with Crippen LogP contribution in [-0.2, 0) is 6.54 Å². The second kappa shape index (κ2) is 6.69. The van der Waals surface area contributed by atoms with E-state index in [-0.39, 0.29) is 10.7 Å². The third-order valence-corrected chi connectivity index (χ3v) is 4.62. The molecule has 0 amide bonds. The molecule has 0 radical (unpaired) electrons. The molecule has 3 rings (SSSR count). The minimum atomic E-state index is -1.06. The molecule has 0 bridgehead atoms. The Morgan fingerprint density at radius 3 is 2.40 bits per heavy atom. The second-order valence-corrected chi connectivity index (χ2v) is 6.10. The molecule has 0 saturated carbocycles. The van der Waals surface area contributed by atoms with Gasteiger partial charge in [-0.15, -0.1) is 0 Å². The monoisotopic (exact) mass is 359 g/mol. The topological polar surface area (TPSA) is 60.7 Å². The van der Waals surface area contributed by atoms with Gasteiger partial charge in [-0.05, 0) is 42.3 Å². The maximum Gasteiger partial charge on any atom is 0.339 e. The van der Waals surface area contributed by atoms with Gasteiger partial charge < -0.3 is 19.1 Å². The molecule has 130 valence electrons. The van der Waals surface area contributed by atoms with E-state index in [4.69, 9.17) is 21.1 Å². The van der Waals surface area contributed by atoms with Crippen molar-refractivity contribution >= 4 is 28.5 Å². The van der Waals surface area contributed by atoms with E-state index in [0.29, 0.717) is 17.7 Å². The number of carbonyl (C=O) groups is 1. The maximum absolute atomic E-state index is 11.7. The zero-order valence-corrected chi connectivity index (χ0v) is 14.9. The highest BCUT2D eigenvalue weighted by molar-refractivity contribution is 6.35. The van der Waals surface area contributed by atoms with Gasteiger partial charge in [0, 0.05) is 11.9 Å². The van der Waals surface area contributed by atoms with Crippen molar-refractivity contribution < 1.29 is 19.4 Å². The second-order valence-electron chi connectivity index (χ2n) is 5.74. The number of aromatic nitrogens is 1. The van der Waals surface area contributed by atoms with E-state index in [9.17, 15) is 9.90 Å². The van der Waals surface area contributed by atoms with E-state index >= 15 is 0 Å². The van der Waals surface area contributed by atoms with Crippen LogP contribution in [-0.4, -0.2) is 29.9 Å².